The molecule has 1 aromatic carbocycles. The maximum atomic E-state index is 13.0. The molecule has 0 aliphatic heterocycles. The van der Waals surface area contributed by atoms with Crippen molar-refractivity contribution in [3.05, 3.63) is 52.0 Å². The molecule has 1 amide bonds. The average molecular weight is 342 g/mol. The minimum absolute atomic E-state index is 0.0331. The molecular weight excluding hydrogens is 329 g/mol. The van der Waals surface area contributed by atoms with Gasteiger partial charge in [0.15, 0.2) is 0 Å². The first-order chi connectivity index (χ1) is 10.9. The first-order valence-corrected chi connectivity index (χ1v) is 7.37. The van der Waals surface area contributed by atoms with Gasteiger partial charge < -0.3 is 10.1 Å². The second kappa shape index (κ2) is 7.28. The van der Waals surface area contributed by atoms with Crippen LogP contribution in [0.15, 0.2) is 35.9 Å². The van der Waals surface area contributed by atoms with Crippen LogP contribution >= 0.6 is 11.3 Å². The molecule has 0 saturated heterocycles. The Labute approximate surface area is 134 Å². The van der Waals surface area contributed by atoms with Crippen LogP contribution in [0.5, 0.6) is 5.75 Å². The number of thiazole rings is 1. The Morgan fingerprint density at radius 1 is 1.43 bits per heavy atom. The summed E-state index contributed by atoms with van der Waals surface area (Å²) in [6, 6.07) is 3.61. The smallest absolute Gasteiger partial charge is 0.416 e. The lowest BCUT2D eigenvalue weighted by atomic mass is 10.1. The highest BCUT2D eigenvalue weighted by Gasteiger charge is 2.33. The second-order valence-corrected chi connectivity index (χ2v) is 5.37. The fraction of sp³-hybridized carbons (Fsp3) is 0.200. The summed E-state index contributed by atoms with van der Waals surface area (Å²) >= 11 is 1.35. The van der Waals surface area contributed by atoms with Crippen molar-refractivity contribution in [3.8, 4) is 5.75 Å². The van der Waals surface area contributed by atoms with Crippen LogP contribution in [0.3, 0.4) is 0 Å². The molecule has 4 nitrogen and oxygen atoms in total. The van der Waals surface area contributed by atoms with E-state index in [-0.39, 0.29) is 17.9 Å². The summed E-state index contributed by atoms with van der Waals surface area (Å²) in [5.41, 5.74) is -0.865. The molecule has 0 radical (unpaired) electrons. The number of alkyl halides is 3. The monoisotopic (exact) mass is 342 g/mol. The molecular formula is C15H13F3N2O2S. The number of methoxy groups -OCH3 is 1. The molecule has 1 N–H and O–H groups in total. The Balaban J connectivity index is 2.06. The number of hydrogen-bond acceptors (Lipinski definition) is 4. The van der Waals surface area contributed by atoms with E-state index in [4.69, 9.17) is 4.74 Å². The fourth-order valence-corrected chi connectivity index (χ4v) is 2.34. The third kappa shape index (κ3) is 4.82. The molecule has 122 valence electrons. The summed E-state index contributed by atoms with van der Waals surface area (Å²) in [4.78, 5) is 15.6. The number of carbonyl (C=O) groups excluding carboxylic acids is 1. The largest absolute Gasteiger partial charge is 0.497 e. The van der Waals surface area contributed by atoms with Gasteiger partial charge in [0.2, 0.25) is 5.91 Å². The lowest BCUT2D eigenvalue weighted by Crippen LogP contribution is -2.22. The predicted molar refractivity (Wildman–Crippen MR) is 81.0 cm³/mol. The lowest BCUT2D eigenvalue weighted by molar-refractivity contribution is -0.138. The molecule has 1 aromatic heterocycles. The van der Waals surface area contributed by atoms with Gasteiger partial charge in [0, 0.05) is 24.2 Å². The van der Waals surface area contributed by atoms with E-state index in [9.17, 15) is 18.0 Å². The Kier molecular flexibility index (Phi) is 5.38. The first kappa shape index (κ1) is 17.0. The summed E-state index contributed by atoms with van der Waals surface area (Å²) in [6.07, 6.45) is -0.200. The molecule has 0 unspecified atom stereocenters. The summed E-state index contributed by atoms with van der Waals surface area (Å²) < 4.78 is 43.9. The van der Waals surface area contributed by atoms with E-state index in [0.29, 0.717) is 5.01 Å². The Bertz CT molecular complexity index is 697. The minimum Gasteiger partial charge on any atom is -0.497 e. The summed E-state index contributed by atoms with van der Waals surface area (Å²) in [7, 11) is 1.29. The van der Waals surface area contributed by atoms with Crippen LogP contribution in [0.25, 0.3) is 6.08 Å². The van der Waals surface area contributed by atoms with Gasteiger partial charge in [0.1, 0.15) is 10.8 Å². The Hall–Kier alpha value is -2.35. The van der Waals surface area contributed by atoms with Crippen LogP contribution in [-0.2, 0) is 17.5 Å². The van der Waals surface area contributed by atoms with Crippen molar-refractivity contribution in [1.82, 2.24) is 10.3 Å². The van der Waals surface area contributed by atoms with Gasteiger partial charge in [0.25, 0.3) is 0 Å². The number of nitrogens with one attached hydrogen (secondary N) is 1. The highest BCUT2D eigenvalue weighted by Crippen LogP contribution is 2.34. The van der Waals surface area contributed by atoms with Gasteiger partial charge in [-0.1, -0.05) is 6.07 Å². The van der Waals surface area contributed by atoms with Crippen LogP contribution in [0.1, 0.15) is 16.1 Å². The fourth-order valence-electron chi connectivity index (χ4n) is 1.81. The topological polar surface area (TPSA) is 51.2 Å². The van der Waals surface area contributed by atoms with Crippen LogP contribution < -0.4 is 10.1 Å². The SMILES string of the molecule is COc1ccc(CNC(=O)C=Cc2nccs2)c(C(F)(F)F)c1. The van der Waals surface area contributed by atoms with E-state index in [0.717, 1.165) is 6.07 Å². The van der Waals surface area contributed by atoms with E-state index in [1.54, 1.807) is 11.6 Å². The molecule has 1 heterocycles. The normalized spacial score (nSPS) is 11.7. The molecule has 0 saturated carbocycles. The number of carbonyl (C=O) groups is 1. The third-order valence-electron chi connectivity index (χ3n) is 2.90. The molecule has 0 aliphatic carbocycles. The van der Waals surface area contributed by atoms with Gasteiger partial charge in [-0.2, -0.15) is 13.2 Å². The van der Waals surface area contributed by atoms with E-state index in [1.807, 2.05) is 0 Å². The summed E-state index contributed by atoms with van der Waals surface area (Å²) in [6.45, 7) is -0.236. The Morgan fingerprint density at radius 3 is 2.83 bits per heavy atom. The molecule has 0 spiro atoms. The van der Waals surface area contributed by atoms with Gasteiger partial charge in [-0.15, -0.1) is 11.3 Å². The molecule has 0 atom stereocenters. The maximum absolute atomic E-state index is 13.0. The van der Waals surface area contributed by atoms with E-state index in [2.05, 4.69) is 10.3 Å². The van der Waals surface area contributed by atoms with Gasteiger partial charge in [-0.3, -0.25) is 4.79 Å². The van der Waals surface area contributed by atoms with Gasteiger partial charge in [-0.05, 0) is 23.8 Å². The van der Waals surface area contributed by atoms with E-state index >= 15 is 0 Å². The van der Waals surface area contributed by atoms with Crippen molar-refractivity contribution in [2.24, 2.45) is 0 Å². The minimum atomic E-state index is -4.52. The van der Waals surface area contributed by atoms with Crippen molar-refractivity contribution in [2.45, 2.75) is 12.7 Å². The summed E-state index contributed by atoms with van der Waals surface area (Å²) in [5, 5.41) is 4.82. The average Bonchev–Trinajstić information content (AvgIpc) is 3.03. The molecule has 23 heavy (non-hydrogen) atoms. The van der Waals surface area contributed by atoms with Crippen LogP contribution in [0.4, 0.5) is 13.2 Å². The van der Waals surface area contributed by atoms with Crippen LogP contribution in [0, 0.1) is 0 Å². The number of hydrogen-bond donors (Lipinski definition) is 1. The molecule has 0 aliphatic rings. The highest BCUT2D eigenvalue weighted by molar-refractivity contribution is 7.10. The molecule has 0 fully saturated rings. The number of aromatic nitrogens is 1. The number of ether oxygens (including phenoxy) is 1. The van der Waals surface area contributed by atoms with Crippen molar-refractivity contribution in [1.29, 1.82) is 0 Å². The lowest BCUT2D eigenvalue weighted by Gasteiger charge is -2.14. The molecule has 2 rings (SSSR count). The number of halogens is 3. The second-order valence-electron chi connectivity index (χ2n) is 4.44. The maximum Gasteiger partial charge on any atom is 0.416 e. The highest BCUT2D eigenvalue weighted by atomic mass is 32.1. The van der Waals surface area contributed by atoms with Crippen molar-refractivity contribution in [2.75, 3.05) is 7.11 Å². The van der Waals surface area contributed by atoms with Crippen molar-refractivity contribution < 1.29 is 22.7 Å². The van der Waals surface area contributed by atoms with Gasteiger partial charge >= 0.3 is 6.18 Å². The standard InChI is InChI=1S/C15H13F3N2O2S/c1-22-11-3-2-10(12(8-11)15(16,17)18)9-20-13(21)4-5-14-19-6-7-23-14/h2-8H,9H2,1H3,(H,20,21). The predicted octanol–water partition coefficient (Wildman–Crippen LogP) is 3.50. The summed E-state index contributed by atoms with van der Waals surface area (Å²) in [5.74, 6) is -0.389. The van der Waals surface area contributed by atoms with Crippen LogP contribution in [-0.4, -0.2) is 18.0 Å². The number of nitrogens with zero attached hydrogens (tertiary/aromatic N) is 1. The zero-order chi connectivity index (χ0) is 16.9. The van der Waals surface area contributed by atoms with E-state index in [1.165, 1.54) is 42.7 Å². The third-order valence-corrected chi connectivity index (χ3v) is 3.64. The number of amides is 1. The zero-order valence-corrected chi connectivity index (χ0v) is 12.9. The van der Waals surface area contributed by atoms with Gasteiger partial charge in [0.05, 0.1) is 12.7 Å². The first-order valence-electron chi connectivity index (χ1n) is 6.49. The number of benzene rings is 1. The molecule has 8 heteroatoms. The van der Waals surface area contributed by atoms with Crippen LogP contribution in [0.2, 0.25) is 0 Å². The van der Waals surface area contributed by atoms with Crippen molar-refractivity contribution >= 4 is 23.3 Å². The molecule has 0 bridgehead atoms. The van der Waals surface area contributed by atoms with Gasteiger partial charge in [-0.25, -0.2) is 4.98 Å². The van der Waals surface area contributed by atoms with Crippen molar-refractivity contribution in [3.63, 3.8) is 0 Å². The number of rotatable bonds is 5. The van der Waals surface area contributed by atoms with E-state index < -0.39 is 17.6 Å². The quantitative estimate of drug-likeness (QED) is 0.846. The molecule has 2 aromatic rings. The Morgan fingerprint density at radius 2 is 2.22 bits per heavy atom. The zero-order valence-electron chi connectivity index (χ0n) is 12.1.